The van der Waals surface area contributed by atoms with Crippen LogP contribution in [0.4, 0.5) is 0 Å². The van der Waals surface area contributed by atoms with E-state index in [-0.39, 0.29) is 50.1 Å². The molecule has 0 aromatic rings. The van der Waals surface area contributed by atoms with Crippen molar-refractivity contribution in [1.82, 2.24) is 5.32 Å². The average Bonchev–Trinajstić information content (AvgIpc) is 2.60. The zero-order valence-electron chi connectivity index (χ0n) is 12.3. The molecule has 0 aromatic heterocycles. The molecule has 0 amide bonds. The Morgan fingerprint density at radius 1 is 1.50 bits per heavy atom. The van der Waals surface area contributed by atoms with E-state index in [4.69, 9.17) is 5.73 Å². The molecule has 3 heteroatoms. The molecule has 0 saturated heterocycles. The summed E-state index contributed by atoms with van der Waals surface area (Å²) >= 11 is 0. The van der Waals surface area contributed by atoms with E-state index >= 15 is 0 Å². The van der Waals surface area contributed by atoms with Crippen LogP contribution in [-0.2, 0) is 0 Å². The summed E-state index contributed by atoms with van der Waals surface area (Å²) in [6, 6.07) is 0.398. The molecule has 3 atom stereocenters. The standard InChI is InChI=1S/C15H27N2.Ac/c1-6-12(7-2)15(16)13-8-11(5)9-14(13)17-10(3)4;/h8,12-17H,3,6-7,9H2,1-2,4-5H3;/q-1;/t13-,14-,15?;/m1./s1. The van der Waals surface area contributed by atoms with Crippen LogP contribution in [0, 0.1) is 55.9 Å². The molecule has 1 aliphatic carbocycles. The second-order valence-corrected chi connectivity index (χ2v) is 5.43. The predicted octanol–water partition coefficient (Wildman–Crippen LogP) is 4.30. The molecule has 101 valence electrons. The zero-order chi connectivity index (χ0) is 13.0. The number of rotatable bonds is 6. The summed E-state index contributed by atoms with van der Waals surface area (Å²) in [5.41, 5.74) is 10.9. The largest absolute Gasteiger partial charge is 0.674 e. The van der Waals surface area contributed by atoms with E-state index in [2.05, 4.69) is 38.7 Å². The Kier molecular flexibility index (Phi) is 9.11. The predicted molar refractivity (Wildman–Crippen MR) is 75.8 cm³/mol. The van der Waals surface area contributed by atoms with Gasteiger partial charge in [0.05, 0.1) is 0 Å². The van der Waals surface area contributed by atoms with Gasteiger partial charge in [-0.3, -0.25) is 0 Å². The van der Waals surface area contributed by atoms with Crippen molar-refractivity contribution in [1.29, 1.82) is 0 Å². The summed E-state index contributed by atoms with van der Waals surface area (Å²) in [6.45, 7) is 12.5. The molecule has 2 N–H and O–H groups in total. The topological polar surface area (TPSA) is 35.8 Å². The van der Waals surface area contributed by atoms with Gasteiger partial charge in [0, 0.05) is 55.8 Å². The van der Waals surface area contributed by atoms with Crippen molar-refractivity contribution in [2.45, 2.75) is 59.0 Å². The summed E-state index contributed by atoms with van der Waals surface area (Å²) in [5.74, 6) is 0.855. The minimum Gasteiger partial charge on any atom is -0.674 e. The molecule has 0 bridgehead atoms. The zero-order valence-corrected chi connectivity index (χ0v) is 17.0. The molecule has 0 heterocycles. The Morgan fingerprint density at radius 2 is 2.06 bits per heavy atom. The molecule has 0 aromatic carbocycles. The number of allylic oxidation sites excluding steroid dienone is 1. The first-order valence-electron chi connectivity index (χ1n) is 6.80. The molecule has 0 spiro atoms. The van der Waals surface area contributed by atoms with Gasteiger partial charge in [-0.2, -0.15) is 0 Å². The second kappa shape index (κ2) is 8.77. The van der Waals surface area contributed by atoms with Gasteiger partial charge in [-0.05, 0) is 26.2 Å². The van der Waals surface area contributed by atoms with Crippen LogP contribution in [0.2, 0.25) is 0 Å². The maximum atomic E-state index is 8.48. The minimum atomic E-state index is 0. The van der Waals surface area contributed by atoms with E-state index < -0.39 is 0 Å². The number of hydrogen-bond acceptors (Lipinski definition) is 1. The summed E-state index contributed by atoms with van der Waals surface area (Å²) in [7, 11) is 0. The van der Waals surface area contributed by atoms with Gasteiger partial charge in [0.15, 0.2) is 0 Å². The Morgan fingerprint density at radius 3 is 2.50 bits per heavy atom. The normalized spacial score (nSPS) is 24.4. The van der Waals surface area contributed by atoms with Crippen LogP contribution in [0.25, 0.3) is 5.73 Å². The van der Waals surface area contributed by atoms with Crippen LogP contribution in [0.3, 0.4) is 0 Å². The number of nitrogens with one attached hydrogen (secondary N) is 2. The molecular formula is C15H27AcN2-. The molecule has 1 rings (SSSR count). The van der Waals surface area contributed by atoms with E-state index in [1.54, 1.807) is 0 Å². The third-order valence-electron chi connectivity index (χ3n) is 3.89. The third-order valence-corrected chi connectivity index (χ3v) is 3.89. The maximum Gasteiger partial charge on any atom is 0.0343 e. The van der Waals surface area contributed by atoms with E-state index in [1.807, 2.05) is 6.92 Å². The summed E-state index contributed by atoms with van der Waals surface area (Å²) in [4.78, 5) is 0. The van der Waals surface area contributed by atoms with Crippen molar-refractivity contribution in [2.24, 2.45) is 11.8 Å². The first-order chi connectivity index (χ1) is 7.99. The Hall–Kier alpha value is 0.682. The average molecular weight is 462 g/mol. The van der Waals surface area contributed by atoms with Gasteiger partial charge in [0.2, 0.25) is 0 Å². The summed E-state index contributed by atoms with van der Waals surface area (Å²) in [5, 5.41) is 3.44. The van der Waals surface area contributed by atoms with E-state index in [9.17, 15) is 0 Å². The maximum absolute atomic E-state index is 8.48. The minimum absolute atomic E-state index is 0. The molecule has 2 nitrogen and oxygen atoms in total. The van der Waals surface area contributed by atoms with Crippen molar-refractivity contribution in [2.75, 3.05) is 0 Å². The fourth-order valence-corrected chi connectivity index (χ4v) is 2.92. The Balaban J connectivity index is 0.00000289. The van der Waals surface area contributed by atoms with Crippen molar-refractivity contribution in [3.63, 3.8) is 0 Å². The first-order valence-corrected chi connectivity index (χ1v) is 6.80. The van der Waals surface area contributed by atoms with Crippen molar-refractivity contribution in [3.8, 4) is 0 Å². The SMILES string of the molecule is C=C(C)N[C@@H]1CC(C)=C[C@H]1C([NH-])C(CC)CC.[Ac]. The van der Waals surface area contributed by atoms with Crippen LogP contribution in [0.1, 0.15) is 47.0 Å². The molecule has 18 heavy (non-hydrogen) atoms. The number of hydrogen-bond donors (Lipinski definition) is 1. The molecule has 0 aliphatic heterocycles. The summed E-state index contributed by atoms with van der Waals surface area (Å²) in [6.07, 6.45) is 5.57. The fraction of sp³-hybridized carbons (Fsp3) is 0.733. The smallest absolute Gasteiger partial charge is 0.0343 e. The molecular weight excluding hydrogens is 435 g/mol. The fourth-order valence-electron chi connectivity index (χ4n) is 2.92. The van der Waals surface area contributed by atoms with E-state index in [0.717, 1.165) is 25.0 Å². The van der Waals surface area contributed by atoms with Crippen molar-refractivity contribution < 1.29 is 44.1 Å². The van der Waals surface area contributed by atoms with Gasteiger partial charge < -0.3 is 11.1 Å². The second-order valence-electron chi connectivity index (χ2n) is 5.43. The van der Waals surface area contributed by atoms with Crippen molar-refractivity contribution in [3.05, 3.63) is 29.7 Å². The summed E-state index contributed by atoms with van der Waals surface area (Å²) < 4.78 is 0. The first kappa shape index (κ1) is 18.7. The molecule has 1 aliphatic rings. The van der Waals surface area contributed by atoms with Gasteiger partial charge in [-0.15, -0.1) is 6.04 Å². The third kappa shape index (κ3) is 4.99. The van der Waals surface area contributed by atoms with Crippen LogP contribution >= 0.6 is 0 Å². The molecule has 1 radical (unpaired) electrons. The Bertz CT molecular complexity index is 295. The van der Waals surface area contributed by atoms with Crippen LogP contribution < -0.4 is 5.32 Å². The molecule has 0 fully saturated rings. The van der Waals surface area contributed by atoms with Crippen LogP contribution in [0.15, 0.2) is 23.9 Å². The van der Waals surface area contributed by atoms with Crippen LogP contribution in [0.5, 0.6) is 0 Å². The Labute approximate surface area is 148 Å². The van der Waals surface area contributed by atoms with Gasteiger partial charge in [-0.25, -0.2) is 0 Å². The molecule has 1 unspecified atom stereocenters. The van der Waals surface area contributed by atoms with E-state index in [1.165, 1.54) is 5.57 Å². The van der Waals surface area contributed by atoms with Gasteiger partial charge in [0.1, 0.15) is 0 Å². The van der Waals surface area contributed by atoms with Gasteiger partial charge in [0.25, 0.3) is 0 Å². The van der Waals surface area contributed by atoms with Crippen LogP contribution in [-0.4, -0.2) is 12.1 Å². The van der Waals surface area contributed by atoms with Gasteiger partial charge in [-0.1, -0.05) is 50.8 Å². The molecule has 0 saturated carbocycles. The van der Waals surface area contributed by atoms with Gasteiger partial charge >= 0.3 is 0 Å². The van der Waals surface area contributed by atoms with Crippen molar-refractivity contribution >= 4 is 0 Å². The monoisotopic (exact) mass is 462 g/mol. The van der Waals surface area contributed by atoms with E-state index in [0.29, 0.717) is 17.9 Å². The quantitative estimate of drug-likeness (QED) is 0.588.